The van der Waals surface area contributed by atoms with Crippen LogP contribution in [0, 0.1) is 0 Å². The van der Waals surface area contributed by atoms with Gasteiger partial charge in [0.15, 0.2) is 9.84 Å². The van der Waals surface area contributed by atoms with E-state index in [-0.39, 0.29) is 6.42 Å². The van der Waals surface area contributed by atoms with Crippen molar-refractivity contribution in [1.82, 2.24) is 5.32 Å². The third-order valence-corrected chi connectivity index (χ3v) is 4.97. The van der Waals surface area contributed by atoms with E-state index in [0.717, 1.165) is 12.7 Å². The first-order valence-electron chi connectivity index (χ1n) is 7.91. The van der Waals surface area contributed by atoms with Crippen molar-refractivity contribution in [1.29, 1.82) is 0 Å². The zero-order chi connectivity index (χ0) is 20.0. The summed E-state index contributed by atoms with van der Waals surface area (Å²) in [6.45, 7) is 5.11. The molecule has 1 unspecified atom stereocenters. The molecule has 146 valence electrons. The lowest BCUT2D eigenvalue weighted by Crippen LogP contribution is -2.44. The van der Waals surface area contributed by atoms with Crippen LogP contribution in [0.5, 0.6) is 0 Å². The summed E-state index contributed by atoms with van der Waals surface area (Å²) in [5.41, 5.74) is 0.0588. The molecule has 0 saturated heterocycles. The normalized spacial score (nSPS) is 13.0. The van der Waals surface area contributed by atoms with Gasteiger partial charge < -0.3 is 14.8 Å². The minimum absolute atomic E-state index is 0.233. The molecule has 0 aliphatic carbocycles. The fraction of sp³-hybridized carbons (Fsp3) is 0.529. The smallest absolute Gasteiger partial charge is 0.407 e. The Kier molecular flexibility index (Phi) is 7.89. The zero-order valence-corrected chi connectivity index (χ0v) is 16.8. The molecule has 1 rings (SSSR count). The number of halogens is 1. The second kappa shape index (κ2) is 9.23. The molecule has 0 fully saturated rings. The van der Waals surface area contributed by atoms with E-state index >= 15 is 0 Å². The van der Waals surface area contributed by atoms with Crippen molar-refractivity contribution in [2.75, 3.05) is 18.6 Å². The molecule has 1 aromatic rings. The van der Waals surface area contributed by atoms with Crippen LogP contribution in [0.4, 0.5) is 4.79 Å². The molecule has 26 heavy (non-hydrogen) atoms. The lowest BCUT2D eigenvalue weighted by Gasteiger charge is -2.23. The first-order valence-corrected chi connectivity index (χ1v) is 10.1. The van der Waals surface area contributed by atoms with E-state index in [1.54, 1.807) is 45.0 Å². The predicted octanol–water partition coefficient (Wildman–Crippen LogP) is 2.36. The zero-order valence-electron chi connectivity index (χ0n) is 15.2. The molecular formula is C17H24ClNO6S. The predicted molar refractivity (Wildman–Crippen MR) is 99.0 cm³/mol. The SMILES string of the molecule is COC(=O)CS(=O)(=O)CC(Cc1ccc(Cl)cc1)NC(=O)OC(C)(C)C. The number of amides is 1. The molecule has 1 N–H and O–H groups in total. The topological polar surface area (TPSA) is 98.8 Å². The maximum Gasteiger partial charge on any atom is 0.407 e. The number of esters is 1. The van der Waals surface area contributed by atoms with E-state index in [1.165, 1.54) is 0 Å². The van der Waals surface area contributed by atoms with Crippen LogP contribution < -0.4 is 5.32 Å². The van der Waals surface area contributed by atoms with Crippen LogP contribution in [0.1, 0.15) is 26.3 Å². The van der Waals surface area contributed by atoms with Crippen LogP contribution in [-0.2, 0) is 30.5 Å². The van der Waals surface area contributed by atoms with Crippen LogP contribution in [0.15, 0.2) is 24.3 Å². The first-order chi connectivity index (χ1) is 11.9. The van der Waals surface area contributed by atoms with E-state index in [9.17, 15) is 18.0 Å². The van der Waals surface area contributed by atoms with Gasteiger partial charge >= 0.3 is 12.1 Å². The number of methoxy groups -OCH3 is 1. The summed E-state index contributed by atoms with van der Waals surface area (Å²) in [6, 6.07) is 6.04. The van der Waals surface area contributed by atoms with Crippen molar-refractivity contribution in [2.45, 2.75) is 38.8 Å². The monoisotopic (exact) mass is 405 g/mol. The van der Waals surface area contributed by atoms with E-state index in [4.69, 9.17) is 16.3 Å². The molecule has 0 heterocycles. The standard InChI is InChI=1S/C17H24ClNO6S/c1-17(2,3)25-16(21)19-14(9-12-5-7-13(18)8-6-12)10-26(22,23)11-15(20)24-4/h5-8,14H,9-11H2,1-4H3,(H,19,21). The molecule has 1 atom stereocenters. The average molecular weight is 406 g/mol. The van der Waals surface area contributed by atoms with E-state index < -0.39 is 45.0 Å². The molecule has 0 saturated carbocycles. The molecule has 0 aliphatic heterocycles. The van der Waals surface area contributed by atoms with Gasteiger partial charge in [-0.15, -0.1) is 0 Å². The van der Waals surface area contributed by atoms with Gasteiger partial charge in [-0.05, 0) is 44.9 Å². The largest absolute Gasteiger partial charge is 0.468 e. The summed E-state index contributed by atoms with van der Waals surface area (Å²) in [6.07, 6.45) is -0.499. The van der Waals surface area contributed by atoms with E-state index in [2.05, 4.69) is 10.1 Å². The maximum atomic E-state index is 12.2. The molecule has 0 spiro atoms. The first kappa shape index (κ1) is 22.2. The summed E-state index contributed by atoms with van der Waals surface area (Å²) in [5.74, 6) is -2.03. The van der Waals surface area contributed by atoms with E-state index in [1.807, 2.05) is 0 Å². The van der Waals surface area contributed by atoms with Gasteiger partial charge in [-0.3, -0.25) is 4.79 Å². The summed E-state index contributed by atoms with van der Waals surface area (Å²) in [5, 5.41) is 3.10. The van der Waals surface area contributed by atoms with Crippen molar-refractivity contribution >= 4 is 33.5 Å². The van der Waals surface area contributed by atoms with E-state index in [0.29, 0.717) is 5.02 Å². The molecule has 1 amide bonds. The number of benzene rings is 1. The van der Waals surface area contributed by atoms with Crippen molar-refractivity contribution in [3.8, 4) is 0 Å². The fourth-order valence-electron chi connectivity index (χ4n) is 2.13. The number of carbonyl (C=O) groups is 2. The third kappa shape index (κ3) is 9.05. The summed E-state index contributed by atoms with van der Waals surface area (Å²) in [4.78, 5) is 23.3. The Morgan fingerprint density at radius 1 is 1.19 bits per heavy atom. The number of carbonyl (C=O) groups excluding carboxylic acids is 2. The molecule has 0 aliphatic rings. The lowest BCUT2D eigenvalue weighted by atomic mass is 10.1. The van der Waals surface area contributed by atoms with Crippen molar-refractivity contribution < 1.29 is 27.5 Å². The Balaban J connectivity index is 2.91. The minimum Gasteiger partial charge on any atom is -0.468 e. The van der Waals surface area contributed by atoms with Crippen LogP contribution in [0.3, 0.4) is 0 Å². The highest BCUT2D eigenvalue weighted by Crippen LogP contribution is 2.13. The van der Waals surface area contributed by atoms with Gasteiger partial charge in [-0.2, -0.15) is 0 Å². The summed E-state index contributed by atoms with van der Waals surface area (Å²) >= 11 is 5.85. The quantitative estimate of drug-likeness (QED) is 0.699. The van der Waals surface area contributed by atoms with Gasteiger partial charge in [0.25, 0.3) is 0 Å². The fourth-order valence-corrected chi connectivity index (χ4v) is 3.67. The molecule has 0 aromatic heterocycles. The molecular weight excluding hydrogens is 382 g/mol. The van der Waals surface area contributed by atoms with Crippen LogP contribution in [-0.4, -0.2) is 50.7 Å². The van der Waals surface area contributed by atoms with Gasteiger partial charge in [0.1, 0.15) is 11.4 Å². The second-order valence-corrected chi connectivity index (χ2v) is 9.35. The van der Waals surface area contributed by atoms with Crippen molar-refractivity contribution in [3.63, 3.8) is 0 Å². The van der Waals surface area contributed by atoms with Gasteiger partial charge in [0.05, 0.1) is 18.9 Å². The summed E-state index contributed by atoms with van der Waals surface area (Å²) in [7, 11) is -2.67. The Morgan fingerprint density at radius 3 is 2.27 bits per heavy atom. The second-order valence-electron chi connectivity index (χ2n) is 6.80. The maximum absolute atomic E-state index is 12.2. The molecule has 9 heteroatoms. The number of nitrogens with one attached hydrogen (secondary N) is 1. The number of ether oxygens (including phenoxy) is 2. The van der Waals surface area contributed by atoms with Crippen LogP contribution >= 0.6 is 11.6 Å². The highest BCUT2D eigenvalue weighted by Gasteiger charge is 2.26. The Labute approximate surface area is 158 Å². The number of hydrogen-bond donors (Lipinski definition) is 1. The molecule has 1 aromatic carbocycles. The van der Waals surface area contributed by atoms with Gasteiger partial charge in [0.2, 0.25) is 0 Å². The Bertz CT molecular complexity index is 725. The molecule has 7 nitrogen and oxygen atoms in total. The van der Waals surface area contributed by atoms with Gasteiger partial charge in [0, 0.05) is 5.02 Å². The Morgan fingerprint density at radius 2 is 1.77 bits per heavy atom. The number of sulfone groups is 1. The Hall–Kier alpha value is -1.80. The highest BCUT2D eigenvalue weighted by atomic mass is 35.5. The van der Waals surface area contributed by atoms with Crippen molar-refractivity contribution in [3.05, 3.63) is 34.9 Å². The number of rotatable bonds is 7. The average Bonchev–Trinajstić information content (AvgIpc) is 2.46. The number of hydrogen-bond acceptors (Lipinski definition) is 6. The lowest BCUT2D eigenvalue weighted by molar-refractivity contribution is -0.137. The molecule has 0 radical (unpaired) electrons. The highest BCUT2D eigenvalue weighted by molar-refractivity contribution is 7.92. The summed E-state index contributed by atoms with van der Waals surface area (Å²) < 4.78 is 34.0. The third-order valence-electron chi connectivity index (χ3n) is 3.14. The number of alkyl carbamates (subject to hydrolysis) is 1. The van der Waals surface area contributed by atoms with Gasteiger partial charge in [-0.1, -0.05) is 23.7 Å². The van der Waals surface area contributed by atoms with Crippen LogP contribution in [0.25, 0.3) is 0 Å². The minimum atomic E-state index is -3.78. The molecule has 0 bridgehead atoms. The van der Waals surface area contributed by atoms with Crippen molar-refractivity contribution in [2.24, 2.45) is 0 Å². The van der Waals surface area contributed by atoms with Gasteiger partial charge in [-0.25, -0.2) is 13.2 Å². The van der Waals surface area contributed by atoms with Crippen LogP contribution in [0.2, 0.25) is 5.02 Å².